The summed E-state index contributed by atoms with van der Waals surface area (Å²) in [5.41, 5.74) is 1.16. The molecule has 23 heavy (non-hydrogen) atoms. The molecule has 0 spiro atoms. The van der Waals surface area contributed by atoms with Crippen LogP contribution in [0.25, 0.3) is 0 Å². The average molecular weight is 335 g/mol. The smallest absolute Gasteiger partial charge is 0.346 e. The zero-order chi connectivity index (χ0) is 16.7. The van der Waals surface area contributed by atoms with E-state index in [0.29, 0.717) is 29.2 Å². The van der Waals surface area contributed by atoms with E-state index >= 15 is 0 Å². The van der Waals surface area contributed by atoms with Crippen molar-refractivity contribution in [3.63, 3.8) is 0 Å². The molecule has 5 nitrogen and oxygen atoms in total. The van der Waals surface area contributed by atoms with E-state index in [4.69, 9.17) is 9.47 Å². The van der Waals surface area contributed by atoms with E-state index in [0.717, 1.165) is 24.3 Å². The Labute approximate surface area is 140 Å². The van der Waals surface area contributed by atoms with Crippen LogP contribution in [-0.4, -0.2) is 31.3 Å². The number of carbonyl (C=O) groups excluding carboxylic acids is 2. The first kappa shape index (κ1) is 17.4. The Hall–Kier alpha value is -1.95. The summed E-state index contributed by atoms with van der Waals surface area (Å²) in [6.45, 7) is 2.78. The molecule has 1 aliphatic rings. The Bertz CT molecular complexity index is 595. The molecule has 0 fully saturated rings. The van der Waals surface area contributed by atoms with Gasteiger partial charge >= 0.3 is 5.97 Å². The predicted molar refractivity (Wildman–Crippen MR) is 90.4 cm³/mol. The summed E-state index contributed by atoms with van der Waals surface area (Å²) in [5.74, 6) is 0.886. The molecule has 1 aromatic rings. The lowest BCUT2D eigenvalue weighted by Gasteiger charge is -2.09. The molecule has 0 atom stereocenters. The molecule has 1 aliphatic heterocycles. The number of esters is 1. The Kier molecular flexibility index (Phi) is 6.52. The maximum absolute atomic E-state index is 12.3. The molecule has 0 saturated carbocycles. The molecular formula is C17H21NO4S. The molecule has 0 aliphatic carbocycles. The average Bonchev–Trinajstić information content (AvgIpc) is 3.03. The van der Waals surface area contributed by atoms with Crippen molar-refractivity contribution in [1.82, 2.24) is 5.32 Å². The summed E-state index contributed by atoms with van der Waals surface area (Å²) < 4.78 is 10.3. The number of unbranched alkanes of at least 4 members (excludes halogenated alkanes) is 1. The number of carbonyl (C=O) groups is 2. The van der Waals surface area contributed by atoms with Crippen LogP contribution in [0.3, 0.4) is 0 Å². The SMILES string of the molecule is CCCCOc1ccc(C(=O)NC2=C(C(=O)OC)SCC2)cc1. The molecule has 1 amide bonds. The van der Waals surface area contributed by atoms with Gasteiger partial charge in [0.15, 0.2) is 0 Å². The van der Waals surface area contributed by atoms with E-state index in [1.807, 2.05) is 0 Å². The highest BCUT2D eigenvalue weighted by Crippen LogP contribution is 2.30. The largest absolute Gasteiger partial charge is 0.494 e. The second kappa shape index (κ2) is 8.62. The number of nitrogens with one attached hydrogen (secondary N) is 1. The zero-order valence-electron chi connectivity index (χ0n) is 13.4. The molecule has 6 heteroatoms. The number of hydrogen-bond donors (Lipinski definition) is 1. The van der Waals surface area contributed by atoms with Crippen LogP contribution in [0.1, 0.15) is 36.5 Å². The minimum absolute atomic E-state index is 0.232. The number of thioether (sulfide) groups is 1. The number of rotatable bonds is 7. The second-order valence-electron chi connectivity index (χ2n) is 5.08. The van der Waals surface area contributed by atoms with Crippen molar-refractivity contribution in [3.05, 3.63) is 40.4 Å². The van der Waals surface area contributed by atoms with Gasteiger partial charge in [-0.2, -0.15) is 0 Å². The van der Waals surface area contributed by atoms with Gasteiger partial charge in [-0.15, -0.1) is 11.8 Å². The molecular weight excluding hydrogens is 314 g/mol. The third-order valence-corrected chi connectivity index (χ3v) is 4.50. The lowest BCUT2D eigenvalue weighted by Crippen LogP contribution is -2.24. The Balaban J connectivity index is 1.99. The van der Waals surface area contributed by atoms with Gasteiger partial charge in [0.1, 0.15) is 10.7 Å². The fraction of sp³-hybridized carbons (Fsp3) is 0.412. The molecule has 0 unspecified atom stereocenters. The summed E-state index contributed by atoms with van der Waals surface area (Å²) in [6.07, 6.45) is 2.74. The van der Waals surface area contributed by atoms with Gasteiger partial charge in [0.05, 0.1) is 13.7 Å². The van der Waals surface area contributed by atoms with Crippen molar-refractivity contribution in [2.75, 3.05) is 19.5 Å². The van der Waals surface area contributed by atoms with E-state index in [9.17, 15) is 9.59 Å². The van der Waals surface area contributed by atoms with E-state index in [2.05, 4.69) is 12.2 Å². The number of allylic oxidation sites excluding steroid dienone is 1. The number of ether oxygens (including phenoxy) is 2. The van der Waals surface area contributed by atoms with E-state index in [1.165, 1.54) is 18.9 Å². The minimum Gasteiger partial charge on any atom is -0.494 e. The quantitative estimate of drug-likeness (QED) is 0.613. The number of benzene rings is 1. The highest BCUT2D eigenvalue weighted by atomic mass is 32.2. The van der Waals surface area contributed by atoms with Crippen LogP contribution in [0.4, 0.5) is 0 Å². The van der Waals surface area contributed by atoms with E-state index in [1.54, 1.807) is 24.3 Å². The lowest BCUT2D eigenvalue weighted by atomic mass is 10.2. The summed E-state index contributed by atoms with van der Waals surface area (Å²) >= 11 is 1.40. The lowest BCUT2D eigenvalue weighted by molar-refractivity contribution is -0.135. The zero-order valence-corrected chi connectivity index (χ0v) is 14.2. The van der Waals surface area contributed by atoms with Gasteiger partial charge < -0.3 is 14.8 Å². The van der Waals surface area contributed by atoms with Crippen LogP contribution in [0.5, 0.6) is 5.75 Å². The summed E-state index contributed by atoms with van der Waals surface area (Å²) in [7, 11) is 1.34. The van der Waals surface area contributed by atoms with Gasteiger partial charge in [-0.25, -0.2) is 4.79 Å². The summed E-state index contributed by atoms with van der Waals surface area (Å²) in [6, 6.07) is 7.00. The van der Waals surface area contributed by atoms with Gasteiger partial charge in [-0.1, -0.05) is 13.3 Å². The number of methoxy groups -OCH3 is 1. The second-order valence-corrected chi connectivity index (χ2v) is 6.18. The fourth-order valence-corrected chi connectivity index (χ4v) is 3.13. The third kappa shape index (κ3) is 4.76. The van der Waals surface area contributed by atoms with Gasteiger partial charge in [-0.3, -0.25) is 4.79 Å². The van der Waals surface area contributed by atoms with Gasteiger partial charge in [-0.05, 0) is 37.1 Å². The molecule has 0 bridgehead atoms. The van der Waals surface area contributed by atoms with Gasteiger partial charge in [0.25, 0.3) is 5.91 Å². The highest BCUT2D eigenvalue weighted by molar-refractivity contribution is 8.04. The van der Waals surface area contributed by atoms with Crippen molar-refractivity contribution < 1.29 is 19.1 Å². The predicted octanol–water partition coefficient (Wildman–Crippen LogP) is 3.12. The standard InChI is InChI=1S/C17H21NO4S/c1-3-4-10-22-13-7-5-12(6-8-13)16(19)18-14-9-11-23-15(14)17(20)21-2/h5-8H,3-4,9-11H2,1-2H3,(H,18,19). The first-order valence-corrected chi connectivity index (χ1v) is 8.62. The van der Waals surface area contributed by atoms with Crippen LogP contribution in [0.2, 0.25) is 0 Å². The molecule has 124 valence electrons. The molecule has 1 aromatic carbocycles. The maximum Gasteiger partial charge on any atom is 0.346 e. The van der Waals surface area contributed by atoms with Crippen LogP contribution in [0.15, 0.2) is 34.9 Å². The van der Waals surface area contributed by atoms with Gasteiger partial charge in [0, 0.05) is 17.0 Å². The van der Waals surface area contributed by atoms with E-state index in [-0.39, 0.29) is 5.91 Å². The molecule has 0 radical (unpaired) electrons. The maximum atomic E-state index is 12.3. The van der Waals surface area contributed by atoms with Crippen LogP contribution in [-0.2, 0) is 9.53 Å². The van der Waals surface area contributed by atoms with Gasteiger partial charge in [0.2, 0.25) is 0 Å². The molecule has 1 N–H and O–H groups in total. The summed E-state index contributed by atoms with van der Waals surface area (Å²) in [4.78, 5) is 24.4. The Morgan fingerprint density at radius 1 is 1.26 bits per heavy atom. The monoisotopic (exact) mass is 335 g/mol. The first-order valence-electron chi connectivity index (χ1n) is 7.64. The van der Waals surface area contributed by atoms with Crippen molar-refractivity contribution in [2.45, 2.75) is 26.2 Å². The van der Waals surface area contributed by atoms with E-state index < -0.39 is 5.97 Å². The number of hydrogen-bond acceptors (Lipinski definition) is 5. The highest BCUT2D eigenvalue weighted by Gasteiger charge is 2.24. The molecule has 0 aromatic heterocycles. The van der Waals surface area contributed by atoms with Crippen LogP contribution < -0.4 is 10.1 Å². The van der Waals surface area contributed by atoms with Crippen LogP contribution >= 0.6 is 11.8 Å². The third-order valence-electron chi connectivity index (χ3n) is 3.39. The first-order chi connectivity index (χ1) is 11.2. The molecule has 1 heterocycles. The number of amides is 1. The van der Waals surface area contributed by atoms with Crippen molar-refractivity contribution in [2.24, 2.45) is 0 Å². The van der Waals surface area contributed by atoms with Crippen molar-refractivity contribution in [1.29, 1.82) is 0 Å². The fourth-order valence-electron chi connectivity index (χ4n) is 2.10. The topological polar surface area (TPSA) is 64.6 Å². The molecule has 0 saturated heterocycles. The Morgan fingerprint density at radius 3 is 2.65 bits per heavy atom. The summed E-state index contributed by atoms with van der Waals surface area (Å²) in [5, 5.41) is 2.81. The van der Waals surface area contributed by atoms with Crippen molar-refractivity contribution in [3.8, 4) is 5.75 Å². The molecule has 2 rings (SSSR count). The van der Waals surface area contributed by atoms with Crippen LogP contribution in [0, 0.1) is 0 Å². The minimum atomic E-state index is -0.400. The normalized spacial score (nSPS) is 13.8. The van der Waals surface area contributed by atoms with Crippen molar-refractivity contribution >= 4 is 23.6 Å². The Morgan fingerprint density at radius 2 is 2.00 bits per heavy atom.